The Kier molecular flexibility index (Phi) is 5.81. The van der Waals surface area contributed by atoms with Crippen LogP contribution in [0.5, 0.6) is 0 Å². The highest BCUT2D eigenvalue weighted by molar-refractivity contribution is 5.33. The third kappa shape index (κ3) is 4.82. The average Bonchev–Trinajstić information content (AvgIpc) is 2.97. The summed E-state index contributed by atoms with van der Waals surface area (Å²) in [7, 11) is 0. The number of aromatic nitrogens is 2. The molecule has 0 aliphatic carbocycles. The second kappa shape index (κ2) is 7.85. The van der Waals surface area contributed by atoms with Gasteiger partial charge in [0.05, 0.1) is 5.69 Å². The fourth-order valence-electron chi connectivity index (χ4n) is 2.22. The second-order valence-corrected chi connectivity index (χ2v) is 5.68. The maximum Gasteiger partial charge on any atom is 0.0645 e. The fourth-order valence-corrected chi connectivity index (χ4v) is 2.22. The summed E-state index contributed by atoms with van der Waals surface area (Å²) < 4.78 is 1.88. The van der Waals surface area contributed by atoms with Crippen molar-refractivity contribution in [1.82, 2.24) is 15.1 Å². The normalized spacial score (nSPS) is 11.2. The molecule has 0 bridgehead atoms. The zero-order chi connectivity index (χ0) is 14.2. The van der Waals surface area contributed by atoms with Crippen molar-refractivity contribution < 1.29 is 0 Å². The molecule has 1 aromatic heterocycles. The van der Waals surface area contributed by atoms with Gasteiger partial charge in [0.2, 0.25) is 0 Å². The first-order valence-corrected chi connectivity index (χ1v) is 7.55. The minimum Gasteiger partial charge on any atom is -0.313 e. The van der Waals surface area contributed by atoms with Gasteiger partial charge < -0.3 is 5.32 Å². The molecule has 0 radical (unpaired) electrons. The van der Waals surface area contributed by atoms with Crippen LogP contribution in [0.1, 0.15) is 38.7 Å². The van der Waals surface area contributed by atoms with Crippen molar-refractivity contribution in [3.8, 4) is 5.69 Å². The Bertz CT molecular complexity index is 471. The summed E-state index contributed by atoms with van der Waals surface area (Å²) in [6.07, 6.45) is 7.68. The van der Waals surface area contributed by atoms with Crippen LogP contribution in [0.4, 0.5) is 0 Å². The quantitative estimate of drug-likeness (QED) is 0.740. The highest BCUT2D eigenvalue weighted by Crippen LogP contribution is 2.09. The molecule has 0 aliphatic heterocycles. The molecule has 1 aromatic carbocycles. The molecular formula is C17H25N3. The van der Waals surface area contributed by atoms with Crippen LogP contribution in [0.15, 0.2) is 42.7 Å². The highest BCUT2D eigenvalue weighted by Gasteiger charge is 1.98. The molecule has 0 atom stereocenters. The van der Waals surface area contributed by atoms with E-state index in [4.69, 9.17) is 0 Å². The van der Waals surface area contributed by atoms with Gasteiger partial charge in [-0.25, -0.2) is 4.68 Å². The molecule has 1 heterocycles. The van der Waals surface area contributed by atoms with Crippen LogP contribution in [0.25, 0.3) is 5.69 Å². The first-order valence-electron chi connectivity index (χ1n) is 7.55. The summed E-state index contributed by atoms with van der Waals surface area (Å²) >= 11 is 0. The van der Waals surface area contributed by atoms with Crippen molar-refractivity contribution in [2.45, 2.75) is 39.7 Å². The molecule has 0 spiro atoms. The minimum absolute atomic E-state index is 0.824. The predicted molar refractivity (Wildman–Crippen MR) is 84.0 cm³/mol. The van der Waals surface area contributed by atoms with Crippen molar-refractivity contribution in [1.29, 1.82) is 0 Å². The summed E-state index contributed by atoms with van der Waals surface area (Å²) in [6.45, 7) is 6.62. The van der Waals surface area contributed by atoms with Crippen LogP contribution in [0.2, 0.25) is 0 Å². The van der Waals surface area contributed by atoms with Gasteiger partial charge in [0.15, 0.2) is 0 Å². The largest absolute Gasteiger partial charge is 0.313 e. The van der Waals surface area contributed by atoms with Gasteiger partial charge in [0.1, 0.15) is 0 Å². The third-order valence-corrected chi connectivity index (χ3v) is 3.42. The Morgan fingerprint density at radius 2 is 1.95 bits per heavy atom. The summed E-state index contributed by atoms with van der Waals surface area (Å²) in [5, 5.41) is 7.73. The Balaban J connectivity index is 1.69. The molecule has 0 saturated carbocycles. The molecular weight excluding hydrogens is 246 g/mol. The number of hydrogen-bond acceptors (Lipinski definition) is 2. The molecule has 2 rings (SSSR count). The van der Waals surface area contributed by atoms with Crippen LogP contribution in [-0.4, -0.2) is 16.3 Å². The number of nitrogens with zero attached hydrogens (tertiary/aromatic N) is 2. The molecule has 0 saturated heterocycles. The summed E-state index contributed by atoms with van der Waals surface area (Å²) in [5.74, 6) is 0.824. The molecule has 3 nitrogen and oxygen atoms in total. The van der Waals surface area contributed by atoms with E-state index in [-0.39, 0.29) is 0 Å². The van der Waals surface area contributed by atoms with Crippen LogP contribution < -0.4 is 5.32 Å². The molecule has 0 aliphatic rings. The van der Waals surface area contributed by atoms with E-state index in [0.717, 1.165) is 24.7 Å². The van der Waals surface area contributed by atoms with Crippen molar-refractivity contribution in [3.05, 3.63) is 48.3 Å². The van der Waals surface area contributed by atoms with E-state index in [9.17, 15) is 0 Å². The molecule has 2 aromatic rings. The zero-order valence-electron chi connectivity index (χ0n) is 12.5. The van der Waals surface area contributed by atoms with Crippen molar-refractivity contribution in [2.75, 3.05) is 6.54 Å². The van der Waals surface area contributed by atoms with Crippen molar-refractivity contribution >= 4 is 0 Å². The molecule has 0 fully saturated rings. The van der Waals surface area contributed by atoms with E-state index < -0.39 is 0 Å². The van der Waals surface area contributed by atoms with Crippen molar-refractivity contribution in [2.24, 2.45) is 5.92 Å². The van der Waals surface area contributed by atoms with E-state index >= 15 is 0 Å². The number of nitrogens with one attached hydrogen (secondary N) is 1. The number of unbranched alkanes of at least 4 members (excludes halogenated alkanes) is 1. The van der Waals surface area contributed by atoms with Gasteiger partial charge in [-0.1, -0.05) is 38.8 Å². The molecule has 0 amide bonds. The number of benzene rings is 1. The van der Waals surface area contributed by atoms with Gasteiger partial charge in [-0.15, -0.1) is 0 Å². The van der Waals surface area contributed by atoms with Gasteiger partial charge in [0.25, 0.3) is 0 Å². The van der Waals surface area contributed by atoms with Gasteiger partial charge in [-0.2, -0.15) is 5.10 Å². The van der Waals surface area contributed by atoms with E-state index in [1.165, 1.54) is 24.8 Å². The lowest BCUT2D eigenvalue weighted by atomic mass is 10.1. The second-order valence-electron chi connectivity index (χ2n) is 5.68. The van der Waals surface area contributed by atoms with Gasteiger partial charge in [-0.3, -0.25) is 0 Å². The van der Waals surface area contributed by atoms with E-state index in [2.05, 4.69) is 48.5 Å². The highest BCUT2D eigenvalue weighted by atomic mass is 15.3. The predicted octanol–water partition coefficient (Wildman–Crippen LogP) is 3.79. The topological polar surface area (TPSA) is 29.9 Å². The third-order valence-electron chi connectivity index (χ3n) is 3.42. The number of rotatable bonds is 8. The Labute approximate surface area is 122 Å². The molecule has 1 N–H and O–H groups in total. The lowest BCUT2D eigenvalue weighted by Gasteiger charge is -2.07. The summed E-state index contributed by atoms with van der Waals surface area (Å²) in [4.78, 5) is 0. The summed E-state index contributed by atoms with van der Waals surface area (Å²) in [6, 6.07) is 10.5. The maximum atomic E-state index is 4.23. The average molecular weight is 271 g/mol. The van der Waals surface area contributed by atoms with Crippen molar-refractivity contribution in [3.63, 3.8) is 0 Å². The van der Waals surface area contributed by atoms with Crippen LogP contribution in [-0.2, 0) is 6.54 Å². The lowest BCUT2D eigenvalue weighted by Crippen LogP contribution is -2.14. The fraction of sp³-hybridized carbons (Fsp3) is 0.471. The van der Waals surface area contributed by atoms with E-state index in [1.54, 1.807) is 6.20 Å². The molecule has 0 unspecified atom stereocenters. The number of hydrogen-bond donors (Lipinski definition) is 1. The van der Waals surface area contributed by atoms with Crippen LogP contribution in [0.3, 0.4) is 0 Å². The van der Waals surface area contributed by atoms with Gasteiger partial charge >= 0.3 is 0 Å². The van der Waals surface area contributed by atoms with E-state index in [1.807, 2.05) is 16.9 Å². The van der Waals surface area contributed by atoms with Gasteiger partial charge in [0, 0.05) is 18.9 Å². The summed E-state index contributed by atoms with van der Waals surface area (Å²) in [5.41, 5.74) is 2.43. The first-order chi connectivity index (χ1) is 9.75. The standard InChI is InChI=1S/C17H25N3/c1-15(2)6-3-4-11-18-14-16-7-9-17(10-8-16)20-13-5-12-19-20/h5,7-10,12-13,15,18H,3-4,6,11,14H2,1-2H3. The zero-order valence-corrected chi connectivity index (χ0v) is 12.5. The smallest absolute Gasteiger partial charge is 0.0645 e. The molecule has 20 heavy (non-hydrogen) atoms. The molecule has 108 valence electrons. The SMILES string of the molecule is CC(C)CCCCNCc1ccc(-n2cccn2)cc1. The Morgan fingerprint density at radius 1 is 1.15 bits per heavy atom. The minimum atomic E-state index is 0.824. The Morgan fingerprint density at radius 3 is 2.60 bits per heavy atom. The van der Waals surface area contributed by atoms with E-state index in [0.29, 0.717) is 0 Å². The Hall–Kier alpha value is -1.61. The van der Waals surface area contributed by atoms with Gasteiger partial charge in [-0.05, 0) is 42.6 Å². The monoisotopic (exact) mass is 271 g/mol. The molecule has 3 heteroatoms. The maximum absolute atomic E-state index is 4.23. The lowest BCUT2D eigenvalue weighted by molar-refractivity contribution is 0.520. The van der Waals surface area contributed by atoms with Crippen LogP contribution >= 0.6 is 0 Å². The first kappa shape index (κ1) is 14.8. The van der Waals surface area contributed by atoms with Crippen LogP contribution in [0, 0.1) is 5.92 Å².